The van der Waals surface area contributed by atoms with Crippen molar-refractivity contribution in [3.05, 3.63) is 35.9 Å². The third kappa shape index (κ3) is 3.80. The molecule has 1 aliphatic rings. The lowest BCUT2D eigenvalue weighted by molar-refractivity contribution is -0.148. The Morgan fingerprint density at radius 1 is 1.33 bits per heavy atom. The third-order valence-electron chi connectivity index (χ3n) is 3.32. The van der Waals surface area contributed by atoms with E-state index in [4.69, 9.17) is 4.74 Å². The lowest BCUT2D eigenvalue weighted by atomic mass is 10.0. The average molecular weight is 249 g/mol. The topological polar surface area (TPSA) is 32.7 Å². The van der Waals surface area contributed by atoms with Gasteiger partial charge < -0.3 is 9.84 Å². The normalized spacial score (nSPS) is 24.1. The van der Waals surface area contributed by atoms with Crippen LogP contribution >= 0.6 is 0 Å². The van der Waals surface area contributed by atoms with Crippen LogP contribution in [0.3, 0.4) is 0 Å². The molecule has 1 unspecified atom stereocenters. The number of hydrogen-bond acceptors (Lipinski definition) is 3. The predicted molar refractivity (Wildman–Crippen MR) is 72.6 cm³/mol. The summed E-state index contributed by atoms with van der Waals surface area (Å²) in [5.41, 5.74) is 1.20. The summed E-state index contributed by atoms with van der Waals surface area (Å²) in [6.45, 7) is 7.05. The summed E-state index contributed by atoms with van der Waals surface area (Å²) in [5.74, 6) is 0. The quantitative estimate of drug-likeness (QED) is 0.881. The molecule has 0 radical (unpaired) electrons. The number of aliphatic hydroxyl groups is 1. The molecule has 1 fully saturated rings. The molecule has 1 aromatic carbocycles. The van der Waals surface area contributed by atoms with Crippen molar-refractivity contribution in [3.8, 4) is 0 Å². The molecule has 1 aliphatic heterocycles. The number of nitrogens with zero attached hydrogens (tertiary/aromatic N) is 1. The van der Waals surface area contributed by atoms with Gasteiger partial charge in [-0.3, -0.25) is 4.90 Å². The van der Waals surface area contributed by atoms with Crippen molar-refractivity contribution in [2.45, 2.75) is 32.0 Å². The second kappa shape index (κ2) is 5.83. The van der Waals surface area contributed by atoms with Gasteiger partial charge in [0.25, 0.3) is 0 Å². The van der Waals surface area contributed by atoms with E-state index in [1.807, 2.05) is 6.07 Å². The smallest absolute Gasteiger partial charge is 0.0940 e. The molecule has 3 heteroatoms. The van der Waals surface area contributed by atoms with Gasteiger partial charge in [-0.05, 0) is 25.8 Å². The van der Waals surface area contributed by atoms with E-state index in [1.54, 1.807) is 0 Å². The molecular weight excluding hydrogens is 226 g/mol. The van der Waals surface area contributed by atoms with Gasteiger partial charge in [-0.25, -0.2) is 0 Å². The minimum atomic E-state index is -0.164. The van der Waals surface area contributed by atoms with Crippen molar-refractivity contribution in [1.29, 1.82) is 0 Å². The molecule has 3 nitrogen and oxygen atoms in total. The van der Waals surface area contributed by atoms with E-state index in [1.165, 1.54) is 5.56 Å². The van der Waals surface area contributed by atoms with Crippen LogP contribution in [0.25, 0.3) is 0 Å². The predicted octanol–water partition coefficient (Wildman–Crippen LogP) is 1.70. The maximum Gasteiger partial charge on any atom is 0.0940 e. The zero-order chi connectivity index (χ0) is 13.0. The van der Waals surface area contributed by atoms with Crippen LogP contribution in [0.1, 0.15) is 19.4 Å². The summed E-state index contributed by atoms with van der Waals surface area (Å²) in [6.07, 6.45) is 0.999. The lowest BCUT2D eigenvalue weighted by Gasteiger charge is -2.42. The Labute approximate surface area is 109 Å². The van der Waals surface area contributed by atoms with Gasteiger partial charge in [0.2, 0.25) is 0 Å². The number of benzene rings is 1. The molecule has 1 heterocycles. The van der Waals surface area contributed by atoms with Crippen LogP contribution in [0.15, 0.2) is 30.3 Å². The van der Waals surface area contributed by atoms with E-state index in [9.17, 15) is 5.11 Å². The molecule has 0 aliphatic carbocycles. The molecule has 0 bridgehead atoms. The van der Waals surface area contributed by atoms with Crippen molar-refractivity contribution in [2.24, 2.45) is 0 Å². The van der Waals surface area contributed by atoms with Gasteiger partial charge in [-0.15, -0.1) is 0 Å². The molecule has 1 saturated heterocycles. The Kier molecular flexibility index (Phi) is 4.38. The Balaban J connectivity index is 1.89. The first-order valence-corrected chi connectivity index (χ1v) is 6.64. The van der Waals surface area contributed by atoms with Crippen LogP contribution in [0.2, 0.25) is 0 Å². The van der Waals surface area contributed by atoms with E-state index in [0.717, 1.165) is 26.1 Å². The molecule has 100 valence electrons. The fraction of sp³-hybridized carbons (Fsp3) is 0.600. The summed E-state index contributed by atoms with van der Waals surface area (Å²) in [4.78, 5) is 2.39. The van der Waals surface area contributed by atoms with Gasteiger partial charge in [0.05, 0.1) is 18.3 Å². The molecule has 0 saturated carbocycles. The zero-order valence-corrected chi connectivity index (χ0v) is 11.3. The van der Waals surface area contributed by atoms with Crippen molar-refractivity contribution in [1.82, 2.24) is 4.90 Å². The highest BCUT2D eigenvalue weighted by molar-refractivity contribution is 5.14. The zero-order valence-electron chi connectivity index (χ0n) is 11.3. The van der Waals surface area contributed by atoms with E-state index in [-0.39, 0.29) is 18.3 Å². The van der Waals surface area contributed by atoms with Crippen LogP contribution < -0.4 is 0 Å². The Bertz CT molecular complexity index is 364. The summed E-state index contributed by atoms with van der Waals surface area (Å²) in [6, 6.07) is 10.5. The molecule has 0 spiro atoms. The number of ether oxygens (including phenoxy) is 1. The number of aliphatic hydroxyl groups excluding tert-OH is 1. The third-order valence-corrected chi connectivity index (χ3v) is 3.32. The summed E-state index contributed by atoms with van der Waals surface area (Å²) in [5, 5.41) is 9.27. The molecule has 2 rings (SSSR count). The second-order valence-electron chi connectivity index (χ2n) is 5.65. The minimum Gasteiger partial charge on any atom is -0.394 e. The molecule has 1 aromatic rings. The first kappa shape index (κ1) is 13.5. The van der Waals surface area contributed by atoms with E-state index in [0.29, 0.717) is 0 Å². The fourth-order valence-electron chi connectivity index (χ4n) is 2.61. The summed E-state index contributed by atoms with van der Waals surface area (Å²) >= 11 is 0. The molecular formula is C15H23NO2. The number of hydrogen-bond donors (Lipinski definition) is 1. The van der Waals surface area contributed by atoms with Gasteiger partial charge >= 0.3 is 0 Å². The molecule has 18 heavy (non-hydrogen) atoms. The van der Waals surface area contributed by atoms with Crippen LogP contribution in [0.4, 0.5) is 0 Å². The number of rotatable bonds is 4. The highest BCUT2D eigenvalue weighted by atomic mass is 16.5. The average Bonchev–Trinajstić information content (AvgIpc) is 2.36. The minimum absolute atomic E-state index is 0.0514. The van der Waals surface area contributed by atoms with E-state index < -0.39 is 0 Å². The van der Waals surface area contributed by atoms with Crippen molar-refractivity contribution in [2.75, 3.05) is 26.2 Å². The standard InChI is InChI=1S/C15H23NO2/c1-15(2)12-16(10-14(11-17)18-15)9-8-13-6-4-3-5-7-13/h3-7,14,17H,8-12H2,1-2H3. The highest BCUT2D eigenvalue weighted by Crippen LogP contribution is 2.20. The van der Waals surface area contributed by atoms with Gasteiger partial charge in [-0.2, -0.15) is 0 Å². The molecule has 1 atom stereocenters. The van der Waals surface area contributed by atoms with Crippen molar-refractivity contribution in [3.63, 3.8) is 0 Å². The monoisotopic (exact) mass is 249 g/mol. The molecule has 0 aromatic heterocycles. The SMILES string of the molecule is CC1(C)CN(CCc2ccccc2)CC(CO)O1. The Hall–Kier alpha value is -0.900. The fourth-order valence-corrected chi connectivity index (χ4v) is 2.61. The lowest BCUT2D eigenvalue weighted by Crippen LogP contribution is -2.54. The van der Waals surface area contributed by atoms with E-state index in [2.05, 4.69) is 43.0 Å². The Morgan fingerprint density at radius 2 is 2.06 bits per heavy atom. The van der Waals surface area contributed by atoms with Gasteiger partial charge in [-0.1, -0.05) is 30.3 Å². The van der Waals surface area contributed by atoms with Crippen molar-refractivity contribution < 1.29 is 9.84 Å². The van der Waals surface area contributed by atoms with Crippen LogP contribution in [0.5, 0.6) is 0 Å². The molecule has 0 amide bonds. The first-order chi connectivity index (χ1) is 8.59. The maximum atomic E-state index is 9.27. The largest absolute Gasteiger partial charge is 0.394 e. The van der Waals surface area contributed by atoms with Gasteiger partial charge in [0, 0.05) is 19.6 Å². The van der Waals surface area contributed by atoms with Crippen molar-refractivity contribution >= 4 is 0 Å². The van der Waals surface area contributed by atoms with Crippen LogP contribution in [-0.2, 0) is 11.2 Å². The summed E-state index contributed by atoms with van der Waals surface area (Å²) < 4.78 is 5.81. The molecule has 1 N–H and O–H groups in total. The van der Waals surface area contributed by atoms with Crippen LogP contribution in [-0.4, -0.2) is 48.0 Å². The van der Waals surface area contributed by atoms with E-state index >= 15 is 0 Å². The van der Waals surface area contributed by atoms with Gasteiger partial charge in [0.15, 0.2) is 0 Å². The van der Waals surface area contributed by atoms with Gasteiger partial charge in [0.1, 0.15) is 0 Å². The summed E-state index contributed by atoms with van der Waals surface area (Å²) in [7, 11) is 0. The second-order valence-corrected chi connectivity index (χ2v) is 5.65. The highest BCUT2D eigenvalue weighted by Gasteiger charge is 2.32. The first-order valence-electron chi connectivity index (χ1n) is 6.64. The maximum absolute atomic E-state index is 9.27. The Morgan fingerprint density at radius 3 is 2.72 bits per heavy atom. The number of morpholine rings is 1. The van der Waals surface area contributed by atoms with Crippen LogP contribution in [0, 0.1) is 0 Å².